The van der Waals surface area contributed by atoms with Crippen LogP contribution in [0.5, 0.6) is 5.75 Å². The Morgan fingerprint density at radius 1 is 1.35 bits per heavy atom. The van der Waals surface area contributed by atoms with Crippen LogP contribution in [0.1, 0.15) is 41.1 Å². The molecule has 0 aliphatic carbocycles. The van der Waals surface area contributed by atoms with Crippen molar-refractivity contribution in [1.82, 2.24) is 4.98 Å². The summed E-state index contributed by atoms with van der Waals surface area (Å²) in [5, 5.41) is 12.2. The molecule has 0 saturated carbocycles. The normalized spacial score (nSPS) is 17.3. The van der Waals surface area contributed by atoms with Gasteiger partial charge in [0.25, 0.3) is 0 Å². The molecule has 0 radical (unpaired) electrons. The largest absolute Gasteiger partial charge is 0.497 e. The van der Waals surface area contributed by atoms with E-state index >= 15 is 0 Å². The first kappa shape index (κ1) is 18.6. The zero-order valence-corrected chi connectivity index (χ0v) is 16.1. The molecule has 3 rings (SSSR count). The van der Waals surface area contributed by atoms with Crippen LogP contribution in [0.25, 0.3) is 0 Å². The summed E-state index contributed by atoms with van der Waals surface area (Å²) in [7, 11) is 1.69. The number of rotatable bonds is 7. The summed E-state index contributed by atoms with van der Waals surface area (Å²) in [4.78, 5) is 10.7. The molecule has 2 atom stereocenters. The molecule has 1 aliphatic rings. The topological polar surface area (TPSA) is 62.7 Å². The number of hydrogen-bond acceptors (Lipinski definition) is 5. The number of nitriles is 1. The van der Waals surface area contributed by atoms with Crippen molar-refractivity contribution in [3.63, 3.8) is 0 Å². The molecular formula is C20H25N4OS+. The summed E-state index contributed by atoms with van der Waals surface area (Å²) in [6.45, 7) is 4.99. The van der Waals surface area contributed by atoms with Gasteiger partial charge >= 0.3 is 0 Å². The highest BCUT2D eigenvalue weighted by atomic mass is 32.1. The van der Waals surface area contributed by atoms with E-state index in [2.05, 4.69) is 28.2 Å². The molecule has 1 aromatic carbocycles. The number of benzene rings is 1. The van der Waals surface area contributed by atoms with E-state index < -0.39 is 0 Å². The van der Waals surface area contributed by atoms with Gasteiger partial charge in [0.05, 0.1) is 32.8 Å². The van der Waals surface area contributed by atoms with Crippen molar-refractivity contribution in [2.24, 2.45) is 4.99 Å². The molecule has 26 heavy (non-hydrogen) atoms. The Balaban J connectivity index is 1.73. The average molecular weight is 370 g/mol. The highest BCUT2D eigenvalue weighted by molar-refractivity contribution is 7.09. The van der Waals surface area contributed by atoms with Gasteiger partial charge in [-0.1, -0.05) is 0 Å². The van der Waals surface area contributed by atoms with Gasteiger partial charge in [0.2, 0.25) is 0 Å². The Hall–Kier alpha value is -2.23. The quantitative estimate of drug-likeness (QED) is 0.763. The fourth-order valence-electron chi connectivity index (χ4n) is 3.42. The van der Waals surface area contributed by atoms with Gasteiger partial charge in [-0.15, -0.1) is 11.3 Å². The molecule has 2 aromatic rings. The number of methoxy groups -OCH3 is 1. The number of aromatic nitrogens is 1. The van der Waals surface area contributed by atoms with E-state index in [0.29, 0.717) is 12.6 Å². The molecule has 1 saturated heterocycles. The number of aliphatic imine (C=N–C) groups is 1. The van der Waals surface area contributed by atoms with E-state index in [1.54, 1.807) is 18.2 Å². The van der Waals surface area contributed by atoms with E-state index in [0.717, 1.165) is 16.5 Å². The number of ether oxygens (including phenoxy) is 1. The summed E-state index contributed by atoms with van der Waals surface area (Å²) in [5.74, 6) is 0.509. The second kappa shape index (κ2) is 8.93. The Bertz CT molecular complexity index is 772. The minimum Gasteiger partial charge on any atom is -0.497 e. The molecule has 1 N–H and O–H groups in total. The lowest BCUT2D eigenvalue weighted by Crippen LogP contribution is -3.10. The Kier molecular flexibility index (Phi) is 6.37. The smallest absolute Gasteiger partial charge is 0.133 e. The van der Waals surface area contributed by atoms with Crippen LogP contribution in [-0.4, -0.2) is 37.9 Å². The van der Waals surface area contributed by atoms with Crippen LogP contribution >= 0.6 is 11.3 Å². The van der Waals surface area contributed by atoms with Gasteiger partial charge in [-0.25, -0.2) is 4.98 Å². The average Bonchev–Trinajstić information content (AvgIpc) is 3.34. The second-order valence-electron chi connectivity index (χ2n) is 6.64. The zero-order valence-electron chi connectivity index (χ0n) is 15.3. The standard InChI is InChI=1S/C20H24N4OS/c1-15-14-26-20(23-15)17(11-21)12-22-13-19(24-9-3-4-10-24)16-5-7-18(25-2)8-6-16/h5-8,12,14,17,19H,3-4,9-10,13H2,1-2H3/p+1/t17-,19+/m0/s1. The van der Waals surface area contributed by atoms with Gasteiger partial charge in [0.15, 0.2) is 0 Å². The molecule has 5 nitrogen and oxygen atoms in total. The minimum atomic E-state index is -0.362. The van der Waals surface area contributed by atoms with Crippen molar-refractivity contribution in [2.75, 3.05) is 26.7 Å². The van der Waals surface area contributed by atoms with Crippen LogP contribution in [-0.2, 0) is 0 Å². The predicted molar refractivity (Wildman–Crippen MR) is 104 cm³/mol. The lowest BCUT2D eigenvalue weighted by Gasteiger charge is -2.23. The summed E-state index contributed by atoms with van der Waals surface area (Å²) < 4.78 is 5.27. The third-order valence-electron chi connectivity index (χ3n) is 4.84. The van der Waals surface area contributed by atoms with Gasteiger partial charge in [-0.05, 0) is 31.2 Å². The van der Waals surface area contributed by atoms with Crippen LogP contribution in [0.2, 0.25) is 0 Å². The Morgan fingerprint density at radius 2 is 2.08 bits per heavy atom. The van der Waals surface area contributed by atoms with Gasteiger partial charge in [-0.3, -0.25) is 4.99 Å². The van der Waals surface area contributed by atoms with Crippen LogP contribution in [0.3, 0.4) is 0 Å². The van der Waals surface area contributed by atoms with Crippen LogP contribution < -0.4 is 9.64 Å². The van der Waals surface area contributed by atoms with Gasteiger partial charge < -0.3 is 9.64 Å². The highest BCUT2D eigenvalue weighted by Crippen LogP contribution is 2.20. The minimum absolute atomic E-state index is 0.317. The monoisotopic (exact) mass is 369 g/mol. The Morgan fingerprint density at radius 3 is 2.65 bits per heavy atom. The highest BCUT2D eigenvalue weighted by Gasteiger charge is 2.27. The SMILES string of the molecule is COc1ccc([C@@H](CN=C[C@H](C#N)c2nc(C)cs2)[NH+]2CCCC2)cc1. The zero-order chi connectivity index (χ0) is 18.4. The number of likely N-dealkylation sites (tertiary alicyclic amines) is 1. The number of nitrogens with one attached hydrogen (secondary N) is 1. The third kappa shape index (κ3) is 4.48. The summed E-state index contributed by atoms with van der Waals surface area (Å²) in [6, 6.07) is 10.9. The van der Waals surface area contributed by atoms with E-state index in [-0.39, 0.29) is 5.92 Å². The lowest BCUT2D eigenvalue weighted by molar-refractivity contribution is -0.918. The molecule has 0 amide bonds. The molecule has 2 heterocycles. The maximum Gasteiger partial charge on any atom is 0.133 e. The Labute approximate surface area is 159 Å². The van der Waals surface area contributed by atoms with Crippen molar-refractivity contribution >= 4 is 17.6 Å². The summed E-state index contributed by atoms with van der Waals surface area (Å²) in [6.07, 6.45) is 4.31. The summed E-state index contributed by atoms with van der Waals surface area (Å²) >= 11 is 1.52. The van der Waals surface area contributed by atoms with Crippen molar-refractivity contribution in [2.45, 2.75) is 31.7 Å². The second-order valence-corrected chi connectivity index (χ2v) is 7.53. The van der Waals surface area contributed by atoms with Gasteiger partial charge in [0.1, 0.15) is 22.7 Å². The lowest BCUT2D eigenvalue weighted by atomic mass is 10.1. The van der Waals surface area contributed by atoms with Crippen LogP contribution in [0.4, 0.5) is 0 Å². The molecule has 0 bridgehead atoms. The predicted octanol–water partition coefficient (Wildman–Crippen LogP) is 2.56. The van der Waals surface area contributed by atoms with Gasteiger partial charge in [-0.2, -0.15) is 5.26 Å². The van der Waals surface area contributed by atoms with E-state index in [4.69, 9.17) is 4.74 Å². The van der Waals surface area contributed by atoms with Crippen molar-refractivity contribution in [3.05, 3.63) is 45.9 Å². The van der Waals surface area contributed by atoms with Crippen molar-refractivity contribution in [1.29, 1.82) is 5.26 Å². The molecule has 136 valence electrons. The van der Waals surface area contributed by atoms with Crippen LogP contribution in [0, 0.1) is 18.3 Å². The molecule has 0 spiro atoms. The van der Waals surface area contributed by atoms with E-state index in [1.807, 2.05) is 24.4 Å². The fourth-order valence-corrected chi connectivity index (χ4v) is 4.22. The fraction of sp³-hybridized carbons (Fsp3) is 0.450. The van der Waals surface area contributed by atoms with E-state index in [1.165, 1.54) is 42.8 Å². The number of aryl methyl sites for hydroxylation is 1. The first-order valence-electron chi connectivity index (χ1n) is 9.01. The van der Waals surface area contributed by atoms with Crippen molar-refractivity contribution in [3.8, 4) is 11.8 Å². The number of quaternary nitrogens is 1. The number of hydrogen-bond donors (Lipinski definition) is 1. The third-order valence-corrected chi connectivity index (χ3v) is 5.89. The van der Waals surface area contributed by atoms with E-state index in [9.17, 15) is 5.26 Å². The molecule has 0 unspecified atom stereocenters. The summed E-state index contributed by atoms with van der Waals surface area (Å²) in [5.41, 5.74) is 2.23. The first-order valence-corrected chi connectivity index (χ1v) is 9.89. The molecular weight excluding hydrogens is 344 g/mol. The molecule has 1 aliphatic heterocycles. The van der Waals surface area contributed by atoms with Crippen molar-refractivity contribution < 1.29 is 9.64 Å². The first-order chi connectivity index (χ1) is 12.7. The molecule has 6 heteroatoms. The molecule has 1 fully saturated rings. The molecule has 1 aromatic heterocycles. The maximum atomic E-state index is 9.45. The van der Waals surface area contributed by atoms with Gasteiger partial charge in [0, 0.05) is 35.7 Å². The number of thiazole rings is 1. The maximum absolute atomic E-state index is 9.45. The number of nitrogens with zero attached hydrogens (tertiary/aromatic N) is 3. The van der Waals surface area contributed by atoms with Crippen LogP contribution in [0.15, 0.2) is 34.6 Å².